The molecule has 0 radical (unpaired) electrons. The van der Waals surface area contributed by atoms with Gasteiger partial charge in [-0.25, -0.2) is 10.2 Å². The lowest BCUT2D eigenvalue weighted by atomic mass is 9.97. The predicted octanol–water partition coefficient (Wildman–Crippen LogP) is 3.14. The van der Waals surface area contributed by atoms with E-state index in [1.54, 1.807) is 0 Å². The van der Waals surface area contributed by atoms with E-state index in [1.165, 1.54) is 5.56 Å². The molecule has 0 fully saturated rings. The number of nitrogens with one attached hydrogen (secondary N) is 2. The Bertz CT molecular complexity index is 662. The molecule has 2 N–H and O–H groups in total. The summed E-state index contributed by atoms with van der Waals surface area (Å²) in [6, 6.07) is 17.8. The summed E-state index contributed by atoms with van der Waals surface area (Å²) < 4.78 is 0. The first-order valence-corrected chi connectivity index (χ1v) is 6.97. The van der Waals surface area contributed by atoms with Crippen molar-refractivity contribution in [1.82, 2.24) is 10.7 Å². The van der Waals surface area contributed by atoms with E-state index in [-0.39, 0.29) is 12.1 Å². The Kier molecular flexibility index (Phi) is 3.69. The molecule has 0 bridgehead atoms. The zero-order valence-electron chi connectivity index (χ0n) is 11.8. The van der Waals surface area contributed by atoms with Crippen LogP contribution in [0, 0.1) is 6.92 Å². The predicted molar refractivity (Wildman–Crippen MR) is 83.2 cm³/mol. The minimum Gasteiger partial charge on any atom is -0.329 e. The fourth-order valence-corrected chi connectivity index (χ4v) is 2.41. The number of nitrogens with zero attached hydrogens (tertiary/aromatic N) is 1. The molecule has 2 aromatic rings. The molecular weight excluding hydrogens is 262 g/mol. The number of aryl methyl sites for hydroxylation is 1. The summed E-state index contributed by atoms with van der Waals surface area (Å²) in [6.45, 7) is 2.05. The van der Waals surface area contributed by atoms with Gasteiger partial charge >= 0.3 is 6.03 Å². The fraction of sp³-hybridized carbons (Fsp3) is 0.176. The van der Waals surface area contributed by atoms with Crippen LogP contribution in [0.5, 0.6) is 0 Å². The van der Waals surface area contributed by atoms with Crippen molar-refractivity contribution in [2.75, 3.05) is 0 Å². The van der Waals surface area contributed by atoms with Crippen LogP contribution in [0.1, 0.15) is 29.2 Å². The third-order valence-corrected chi connectivity index (χ3v) is 3.58. The highest BCUT2D eigenvalue weighted by Gasteiger charge is 2.21. The van der Waals surface area contributed by atoms with Gasteiger partial charge in [-0.1, -0.05) is 60.2 Å². The number of carbonyl (C=O) groups excluding carboxylic acids is 1. The van der Waals surface area contributed by atoms with Crippen LogP contribution < -0.4 is 10.7 Å². The Balaban J connectivity index is 1.91. The molecule has 2 amide bonds. The van der Waals surface area contributed by atoms with Gasteiger partial charge in [0.1, 0.15) is 0 Å². The summed E-state index contributed by atoms with van der Waals surface area (Å²) in [5.74, 6) is 0. The van der Waals surface area contributed by atoms with E-state index in [2.05, 4.69) is 34.9 Å². The Morgan fingerprint density at radius 1 is 1.05 bits per heavy atom. The van der Waals surface area contributed by atoms with Crippen molar-refractivity contribution in [2.45, 2.75) is 19.4 Å². The summed E-state index contributed by atoms with van der Waals surface area (Å²) >= 11 is 0. The first kappa shape index (κ1) is 13.4. The van der Waals surface area contributed by atoms with Crippen LogP contribution in [0.2, 0.25) is 0 Å². The maximum atomic E-state index is 11.8. The smallest absolute Gasteiger partial charge is 0.329 e. The lowest BCUT2D eigenvalue weighted by Gasteiger charge is -2.16. The molecule has 1 aliphatic rings. The van der Waals surface area contributed by atoms with Gasteiger partial charge in [-0.3, -0.25) is 0 Å². The highest BCUT2D eigenvalue weighted by molar-refractivity contribution is 6.02. The molecule has 3 rings (SSSR count). The molecule has 4 heteroatoms. The van der Waals surface area contributed by atoms with Crippen LogP contribution >= 0.6 is 0 Å². The molecule has 1 aliphatic heterocycles. The van der Waals surface area contributed by atoms with E-state index in [4.69, 9.17) is 0 Å². The largest absolute Gasteiger partial charge is 0.335 e. The highest BCUT2D eigenvalue weighted by Crippen LogP contribution is 2.21. The first-order valence-electron chi connectivity index (χ1n) is 6.97. The Labute approximate surface area is 123 Å². The average molecular weight is 279 g/mol. The van der Waals surface area contributed by atoms with Crippen LogP contribution in [0.25, 0.3) is 0 Å². The standard InChI is InChI=1S/C17H17N3O/c1-12-7-9-14(10-8-12)16-11-15(18-17(21)20-19-16)13-5-3-2-4-6-13/h2-10,15H,11H2,1H3,(H2,18,20,21). The number of hydrogen-bond donors (Lipinski definition) is 2. The summed E-state index contributed by atoms with van der Waals surface area (Å²) in [5.41, 5.74) is 6.74. The third kappa shape index (κ3) is 3.11. The Morgan fingerprint density at radius 3 is 2.48 bits per heavy atom. The molecule has 4 nitrogen and oxygen atoms in total. The van der Waals surface area contributed by atoms with Crippen molar-refractivity contribution in [2.24, 2.45) is 5.10 Å². The van der Waals surface area contributed by atoms with Crippen molar-refractivity contribution >= 4 is 11.7 Å². The molecule has 1 atom stereocenters. The van der Waals surface area contributed by atoms with Gasteiger partial charge in [-0.2, -0.15) is 5.10 Å². The summed E-state index contributed by atoms with van der Waals surface area (Å²) in [6.07, 6.45) is 0.659. The van der Waals surface area contributed by atoms with E-state index in [0.29, 0.717) is 6.42 Å². The van der Waals surface area contributed by atoms with Gasteiger partial charge < -0.3 is 5.32 Å². The molecule has 106 valence electrons. The van der Waals surface area contributed by atoms with E-state index < -0.39 is 0 Å². The summed E-state index contributed by atoms with van der Waals surface area (Å²) in [7, 11) is 0. The van der Waals surface area contributed by atoms with Crippen LogP contribution in [0.4, 0.5) is 4.79 Å². The van der Waals surface area contributed by atoms with Gasteiger partial charge in [0.25, 0.3) is 0 Å². The number of hydrogen-bond acceptors (Lipinski definition) is 2. The van der Waals surface area contributed by atoms with Gasteiger partial charge in [0.15, 0.2) is 0 Å². The fourth-order valence-electron chi connectivity index (χ4n) is 2.41. The summed E-state index contributed by atoms with van der Waals surface area (Å²) in [5, 5.41) is 7.18. The molecule has 0 spiro atoms. The minimum absolute atomic E-state index is 0.0752. The van der Waals surface area contributed by atoms with E-state index in [0.717, 1.165) is 16.8 Å². The lowest BCUT2D eigenvalue weighted by Crippen LogP contribution is -2.33. The number of urea groups is 1. The zero-order chi connectivity index (χ0) is 14.7. The van der Waals surface area contributed by atoms with Gasteiger partial charge in [-0.15, -0.1) is 0 Å². The van der Waals surface area contributed by atoms with Crippen LogP contribution in [0.15, 0.2) is 59.7 Å². The highest BCUT2D eigenvalue weighted by atomic mass is 16.2. The second-order valence-corrected chi connectivity index (χ2v) is 5.18. The van der Waals surface area contributed by atoms with Crippen molar-refractivity contribution in [1.29, 1.82) is 0 Å². The molecule has 1 heterocycles. The van der Waals surface area contributed by atoms with Crippen molar-refractivity contribution in [3.05, 3.63) is 71.3 Å². The maximum absolute atomic E-state index is 11.8. The number of carbonyl (C=O) groups is 1. The average Bonchev–Trinajstić information content (AvgIpc) is 2.71. The molecular formula is C17H17N3O. The maximum Gasteiger partial charge on any atom is 0.335 e. The molecule has 0 aromatic heterocycles. The number of hydrazone groups is 1. The summed E-state index contributed by atoms with van der Waals surface area (Å²) in [4.78, 5) is 11.8. The number of amides is 2. The van der Waals surface area contributed by atoms with E-state index in [9.17, 15) is 4.79 Å². The second kappa shape index (κ2) is 5.79. The van der Waals surface area contributed by atoms with Gasteiger partial charge in [0.2, 0.25) is 0 Å². The lowest BCUT2D eigenvalue weighted by molar-refractivity contribution is 0.239. The van der Waals surface area contributed by atoms with Gasteiger partial charge in [0, 0.05) is 6.42 Å². The van der Waals surface area contributed by atoms with Crippen LogP contribution in [-0.2, 0) is 0 Å². The third-order valence-electron chi connectivity index (χ3n) is 3.58. The number of benzene rings is 2. The topological polar surface area (TPSA) is 53.5 Å². The van der Waals surface area contributed by atoms with Crippen molar-refractivity contribution in [3.8, 4) is 0 Å². The first-order chi connectivity index (χ1) is 10.2. The molecule has 1 unspecified atom stereocenters. The van der Waals surface area contributed by atoms with Crippen molar-refractivity contribution in [3.63, 3.8) is 0 Å². The van der Waals surface area contributed by atoms with E-state index >= 15 is 0 Å². The monoisotopic (exact) mass is 279 g/mol. The molecule has 0 aliphatic carbocycles. The quantitative estimate of drug-likeness (QED) is 0.871. The normalized spacial score (nSPS) is 18.2. The molecule has 2 aromatic carbocycles. The van der Waals surface area contributed by atoms with Crippen molar-refractivity contribution < 1.29 is 4.79 Å². The SMILES string of the molecule is Cc1ccc(C2=NNC(=O)NC(c3ccccc3)C2)cc1. The molecule has 0 saturated heterocycles. The van der Waals surface area contributed by atoms with Crippen LogP contribution in [0.3, 0.4) is 0 Å². The second-order valence-electron chi connectivity index (χ2n) is 5.18. The van der Waals surface area contributed by atoms with Gasteiger partial charge in [0.05, 0.1) is 11.8 Å². The number of rotatable bonds is 2. The Morgan fingerprint density at radius 2 is 1.76 bits per heavy atom. The van der Waals surface area contributed by atoms with Crippen LogP contribution in [-0.4, -0.2) is 11.7 Å². The van der Waals surface area contributed by atoms with Gasteiger partial charge in [-0.05, 0) is 18.1 Å². The van der Waals surface area contributed by atoms with E-state index in [1.807, 2.05) is 42.5 Å². The molecule has 0 saturated carbocycles. The zero-order valence-corrected chi connectivity index (χ0v) is 11.8. The minimum atomic E-state index is -0.272. The molecule has 21 heavy (non-hydrogen) atoms. The Hall–Kier alpha value is -2.62.